The summed E-state index contributed by atoms with van der Waals surface area (Å²) in [5, 5.41) is 6.57. The van der Waals surface area contributed by atoms with Gasteiger partial charge in [0.15, 0.2) is 0 Å². The van der Waals surface area contributed by atoms with Gasteiger partial charge in [0.2, 0.25) is 0 Å². The molecule has 3 aliphatic rings. The normalized spacial score (nSPS) is 22.0. The van der Waals surface area contributed by atoms with Crippen LogP contribution in [-0.2, 0) is 19.5 Å². The molecule has 26 heavy (non-hydrogen) atoms. The molecule has 0 unspecified atom stereocenters. The third-order valence-corrected chi connectivity index (χ3v) is 3.75. The van der Waals surface area contributed by atoms with E-state index in [1.165, 1.54) is 90.4 Å². The van der Waals surface area contributed by atoms with Crippen molar-refractivity contribution in [1.82, 2.24) is 10.6 Å². The Kier molecular flexibility index (Phi) is 22.8. The quantitative estimate of drug-likeness (QED) is 0.279. The predicted molar refractivity (Wildman–Crippen MR) is 100 cm³/mol. The molecular weight excluding hydrogens is 434 g/mol. The van der Waals surface area contributed by atoms with E-state index in [2.05, 4.69) is 34.9 Å². The van der Waals surface area contributed by atoms with Crippen molar-refractivity contribution >= 4 is 7.25 Å². The third-order valence-electron chi connectivity index (χ3n) is 3.75. The van der Waals surface area contributed by atoms with Gasteiger partial charge in [-0.3, -0.25) is 0 Å². The van der Waals surface area contributed by atoms with Gasteiger partial charge in [0.05, 0.1) is 0 Å². The van der Waals surface area contributed by atoms with Crippen molar-refractivity contribution in [2.45, 2.75) is 64.2 Å². The van der Waals surface area contributed by atoms with Crippen molar-refractivity contribution in [3.8, 4) is 0 Å². The van der Waals surface area contributed by atoms with Crippen molar-refractivity contribution in [2.75, 3.05) is 26.2 Å². The molecule has 3 rings (SSSR count). The van der Waals surface area contributed by atoms with Crippen LogP contribution in [0, 0.1) is 0 Å². The molecule has 2 N–H and O–H groups in total. The summed E-state index contributed by atoms with van der Waals surface area (Å²) in [6, 6.07) is 0. The maximum atomic E-state index is 9.75. The van der Waals surface area contributed by atoms with Gasteiger partial charge in [-0.05, 0) is 77.5 Å². The second-order valence-corrected chi connectivity index (χ2v) is 6.21. The number of nitrogens with one attached hydrogen (secondary N) is 2. The topological polar surface area (TPSA) is 24.1 Å². The molecule has 1 aliphatic carbocycles. The van der Waals surface area contributed by atoms with Gasteiger partial charge < -0.3 is 27.9 Å². The Balaban J connectivity index is 0. The number of hydrogen-bond donors (Lipinski definition) is 2. The maximum absolute atomic E-state index is 9.75. The SMILES string of the molecule is C1=C\CC/C=C\CC/1.C1CCNCC1.C1CCNCC1.F[B-](F)(F)F.[Rh]. The minimum absolute atomic E-state index is 0. The smallest absolute Gasteiger partial charge is 0.418 e. The van der Waals surface area contributed by atoms with Crippen LogP contribution in [0.15, 0.2) is 24.3 Å². The molecule has 0 aromatic carbocycles. The molecule has 2 fully saturated rings. The molecule has 0 atom stereocenters. The van der Waals surface area contributed by atoms with Crippen molar-refractivity contribution in [3.05, 3.63) is 24.3 Å². The van der Waals surface area contributed by atoms with Crippen LogP contribution in [-0.4, -0.2) is 33.4 Å². The zero-order valence-corrected chi connectivity index (χ0v) is 17.3. The summed E-state index contributed by atoms with van der Waals surface area (Å²) in [6.45, 7) is 5.00. The molecule has 0 amide bonds. The van der Waals surface area contributed by atoms with E-state index in [0.29, 0.717) is 0 Å². The Hall–Kier alpha value is -0.192. The Morgan fingerprint density at radius 1 is 0.500 bits per heavy atom. The maximum Gasteiger partial charge on any atom is 0.673 e. The Bertz CT molecular complexity index is 265. The first-order valence-electron chi connectivity index (χ1n) is 9.59. The van der Waals surface area contributed by atoms with E-state index < -0.39 is 7.25 Å². The molecule has 8 heteroatoms. The van der Waals surface area contributed by atoms with Crippen LogP contribution in [0.3, 0.4) is 0 Å². The predicted octanol–water partition coefficient (Wildman–Crippen LogP) is 5.49. The molecule has 0 saturated carbocycles. The second-order valence-electron chi connectivity index (χ2n) is 6.21. The van der Waals surface area contributed by atoms with Gasteiger partial charge in [-0.2, -0.15) is 0 Å². The molecule has 2 aliphatic heterocycles. The number of hydrogen-bond acceptors (Lipinski definition) is 2. The van der Waals surface area contributed by atoms with Gasteiger partial charge in [0.25, 0.3) is 0 Å². The minimum atomic E-state index is -6.00. The van der Waals surface area contributed by atoms with Crippen molar-refractivity contribution < 1.29 is 36.7 Å². The van der Waals surface area contributed by atoms with Gasteiger partial charge in [-0.15, -0.1) is 0 Å². The summed E-state index contributed by atoms with van der Waals surface area (Å²) in [5.74, 6) is 0. The first-order valence-corrected chi connectivity index (χ1v) is 9.59. The molecule has 2 saturated heterocycles. The fraction of sp³-hybridized carbons (Fsp3) is 0.778. The van der Waals surface area contributed by atoms with Crippen LogP contribution in [0.4, 0.5) is 17.3 Å². The molecule has 1 radical (unpaired) electrons. The Morgan fingerprint density at radius 2 is 0.731 bits per heavy atom. The van der Waals surface area contributed by atoms with Crippen LogP contribution < -0.4 is 10.6 Å². The summed E-state index contributed by atoms with van der Waals surface area (Å²) in [7, 11) is -6.00. The molecule has 0 aromatic heterocycles. The van der Waals surface area contributed by atoms with Crippen LogP contribution in [0.25, 0.3) is 0 Å². The summed E-state index contributed by atoms with van der Waals surface area (Å²) >= 11 is 0. The van der Waals surface area contributed by atoms with Crippen LogP contribution in [0.2, 0.25) is 0 Å². The zero-order chi connectivity index (χ0) is 18.6. The molecule has 157 valence electrons. The number of halogens is 4. The largest absolute Gasteiger partial charge is 0.673 e. The number of allylic oxidation sites excluding steroid dienone is 4. The van der Waals surface area contributed by atoms with Crippen LogP contribution >= 0.6 is 0 Å². The molecule has 0 aromatic rings. The summed E-state index contributed by atoms with van der Waals surface area (Å²) in [5.41, 5.74) is 0. The summed E-state index contributed by atoms with van der Waals surface area (Å²) in [6.07, 6.45) is 22.4. The van der Waals surface area contributed by atoms with Gasteiger partial charge >= 0.3 is 7.25 Å². The molecular formula is C18H34BF4N2Rh-. The van der Waals surface area contributed by atoms with E-state index in [0.717, 1.165) is 0 Å². The standard InChI is InChI=1S/C8H12.2C5H11N.BF4.Rh/c1-2-4-6-8-7-5-3-1;2*1-2-4-6-5-3-1;2-1(3,4)5;/h1-2,7-8H,3-6H2;2*6H,1-5H2;;/q;;;-1;/b2-1-,8-7-;;;;. The minimum Gasteiger partial charge on any atom is -0.418 e. The van der Waals surface area contributed by atoms with E-state index in [9.17, 15) is 17.3 Å². The van der Waals surface area contributed by atoms with Gasteiger partial charge in [0, 0.05) is 19.5 Å². The van der Waals surface area contributed by atoms with Crippen molar-refractivity contribution in [3.63, 3.8) is 0 Å². The van der Waals surface area contributed by atoms with Crippen LogP contribution in [0.5, 0.6) is 0 Å². The van der Waals surface area contributed by atoms with Crippen LogP contribution in [0.1, 0.15) is 64.2 Å². The number of rotatable bonds is 0. The van der Waals surface area contributed by atoms with E-state index in [4.69, 9.17) is 0 Å². The fourth-order valence-electron chi connectivity index (χ4n) is 2.46. The summed E-state index contributed by atoms with van der Waals surface area (Å²) < 4.78 is 39.0. The van der Waals surface area contributed by atoms with Gasteiger partial charge in [0.1, 0.15) is 0 Å². The first-order chi connectivity index (χ1) is 12.0. The molecule has 0 bridgehead atoms. The fourth-order valence-corrected chi connectivity index (χ4v) is 2.46. The Labute approximate surface area is 169 Å². The first kappa shape index (κ1) is 28.0. The van der Waals surface area contributed by atoms with Gasteiger partial charge in [-0.1, -0.05) is 37.1 Å². The van der Waals surface area contributed by atoms with Crippen molar-refractivity contribution in [2.24, 2.45) is 0 Å². The zero-order valence-electron chi connectivity index (χ0n) is 15.6. The average molecular weight is 468 g/mol. The average Bonchev–Trinajstić information content (AvgIpc) is 2.57. The second kappa shape index (κ2) is 21.1. The van der Waals surface area contributed by atoms with E-state index in [1.54, 1.807) is 0 Å². The van der Waals surface area contributed by atoms with E-state index in [1.807, 2.05) is 0 Å². The van der Waals surface area contributed by atoms with Crippen molar-refractivity contribution in [1.29, 1.82) is 0 Å². The molecule has 0 spiro atoms. The molecule has 2 nitrogen and oxygen atoms in total. The molecule has 2 heterocycles. The number of piperidine rings is 2. The summed E-state index contributed by atoms with van der Waals surface area (Å²) in [4.78, 5) is 0. The van der Waals surface area contributed by atoms with E-state index in [-0.39, 0.29) is 19.5 Å². The van der Waals surface area contributed by atoms with Gasteiger partial charge in [-0.25, -0.2) is 0 Å². The Morgan fingerprint density at radius 3 is 0.846 bits per heavy atom. The van der Waals surface area contributed by atoms with E-state index >= 15 is 0 Å². The monoisotopic (exact) mass is 468 g/mol. The third kappa shape index (κ3) is 31.6.